The molecule has 0 fully saturated rings. The summed E-state index contributed by atoms with van der Waals surface area (Å²) < 4.78 is 17.1. The number of ether oxygens (including phenoxy) is 3. The third-order valence-corrected chi connectivity index (χ3v) is 16.8. The van der Waals surface area contributed by atoms with E-state index in [0.717, 1.165) is 77.0 Å². The van der Waals surface area contributed by atoms with Gasteiger partial charge in [-0.1, -0.05) is 99.3 Å². The van der Waals surface area contributed by atoms with Crippen LogP contribution in [0.5, 0.6) is 0 Å². The van der Waals surface area contributed by atoms with Gasteiger partial charge < -0.3 is 44.2 Å². The van der Waals surface area contributed by atoms with Crippen LogP contribution < -0.4 is 14.7 Å². The van der Waals surface area contributed by atoms with E-state index in [1.165, 1.54) is 70.6 Å². The number of esters is 3. The molecule has 0 aliphatic rings. The van der Waals surface area contributed by atoms with Crippen molar-refractivity contribution in [1.29, 1.82) is 0 Å². The smallest absolute Gasteiger partial charge is 0.315 e. The summed E-state index contributed by atoms with van der Waals surface area (Å²) >= 11 is 7.94. The van der Waals surface area contributed by atoms with E-state index in [2.05, 4.69) is 41.5 Å². The Morgan fingerprint density at radius 3 is 0.903 bits per heavy atom. The van der Waals surface area contributed by atoms with Gasteiger partial charge in [0.15, 0.2) is 0 Å². The summed E-state index contributed by atoms with van der Waals surface area (Å²) in [6.45, 7) is 13.7. The van der Waals surface area contributed by atoms with Crippen molar-refractivity contribution in [1.82, 2.24) is 15.0 Å². The van der Waals surface area contributed by atoms with Crippen molar-refractivity contribution in [3.8, 4) is 0 Å². The number of thioether (sulfide) groups is 6. The lowest BCUT2D eigenvalue weighted by molar-refractivity contribution is -0.142. The van der Waals surface area contributed by atoms with Crippen LogP contribution >= 0.6 is 70.6 Å². The Hall–Kier alpha value is -2.67. The van der Waals surface area contributed by atoms with Gasteiger partial charge in [0.25, 0.3) is 0 Å². The third-order valence-electron chi connectivity index (χ3n) is 11.0. The minimum Gasteiger partial charge on any atom is -0.481 e. The summed E-state index contributed by atoms with van der Waals surface area (Å²) in [6, 6.07) is 0. The number of unbranched alkanes of at least 4 members (excludes halogenated alkanes) is 3. The maximum atomic E-state index is 13.1. The van der Waals surface area contributed by atoms with Gasteiger partial charge in [0, 0.05) is 17.3 Å². The van der Waals surface area contributed by atoms with E-state index in [9.17, 15) is 44.1 Å². The molecule has 0 bridgehead atoms. The minimum atomic E-state index is -0.949. The van der Waals surface area contributed by atoms with Crippen LogP contribution in [-0.2, 0) is 43.0 Å². The number of aliphatic carboxylic acids is 3. The highest BCUT2D eigenvalue weighted by Gasteiger charge is 2.24. The van der Waals surface area contributed by atoms with Crippen LogP contribution in [0.3, 0.4) is 0 Å². The summed E-state index contributed by atoms with van der Waals surface area (Å²) in [5.41, 5.74) is 0. The molecule has 3 atom stereocenters. The molecule has 1 rings (SSSR count). The number of carbonyl (C=O) groups excluding carboxylic acids is 3. The zero-order chi connectivity index (χ0) is 53.4. The molecule has 0 amide bonds. The van der Waals surface area contributed by atoms with Crippen molar-refractivity contribution in [2.75, 3.05) is 104 Å². The van der Waals surface area contributed by atoms with Crippen LogP contribution in [0.2, 0.25) is 0 Å². The van der Waals surface area contributed by atoms with Crippen molar-refractivity contribution >= 4 is 124 Å². The Kier molecular flexibility index (Phi) is 40.7. The minimum absolute atomic E-state index is 0.0393. The lowest BCUT2D eigenvalue weighted by Crippen LogP contribution is -2.32. The Balaban J connectivity index is 3.78. The van der Waals surface area contributed by atoms with Gasteiger partial charge in [-0.2, -0.15) is 15.0 Å². The van der Waals surface area contributed by atoms with Gasteiger partial charge in [0.2, 0.25) is 17.8 Å². The fraction of sp³-hybridized carbons (Fsp3) is 0.812. The van der Waals surface area contributed by atoms with Crippen molar-refractivity contribution < 1.29 is 58.3 Å². The maximum Gasteiger partial charge on any atom is 0.315 e. The fourth-order valence-corrected chi connectivity index (χ4v) is 11.7. The van der Waals surface area contributed by atoms with Gasteiger partial charge in [0.1, 0.15) is 0 Å². The molecule has 0 aliphatic heterocycles. The van der Waals surface area contributed by atoms with E-state index in [1.807, 2.05) is 14.7 Å². The predicted octanol–water partition coefficient (Wildman–Crippen LogP) is 10.1. The lowest BCUT2D eigenvalue weighted by atomic mass is 10.0. The van der Waals surface area contributed by atoms with Crippen molar-refractivity contribution in [3.63, 3.8) is 0 Å². The first-order chi connectivity index (χ1) is 34.7. The Bertz CT molecular complexity index is 1620. The van der Waals surface area contributed by atoms with Gasteiger partial charge in [-0.05, 0) is 37.0 Å². The first-order valence-electron chi connectivity index (χ1n) is 25.3. The van der Waals surface area contributed by atoms with Crippen LogP contribution in [0.1, 0.15) is 138 Å². The Morgan fingerprint density at radius 2 is 0.681 bits per heavy atom. The molecule has 1 aromatic heterocycles. The van der Waals surface area contributed by atoms with Gasteiger partial charge >= 0.3 is 35.8 Å². The second-order valence-electron chi connectivity index (χ2n) is 17.1. The summed E-state index contributed by atoms with van der Waals surface area (Å²) in [4.78, 5) is 94.0. The van der Waals surface area contributed by atoms with Crippen molar-refractivity contribution in [2.24, 2.45) is 17.8 Å². The highest BCUT2D eigenvalue weighted by Crippen LogP contribution is 2.28. The largest absolute Gasteiger partial charge is 0.481 e. The zero-order valence-electron chi connectivity index (χ0n) is 43.6. The normalized spacial score (nSPS) is 12.4. The van der Waals surface area contributed by atoms with E-state index in [0.29, 0.717) is 19.8 Å². The average molecular weight is 1130 g/mol. The van der Waals surface area contributed by atoms with Gasteiger partial charge in [-0.3, -0.25) is 28.8 Å². The molecule has 1 aromatic rings. The molecule has 1 heterocycles. The zero-order valence-corrected chi connectivity index (χ0v) is 48.5. The van der Waals surface area contributed by atoms with Crippen LogP contribution in [0.15, 0.2) is 0 Å². The number of carboxylic acid groups (broad SMARTS) is 3. The van der Waals surface area contributed by atoms with Gasteiger partial charge in [-0.15, -0.1) is 70.6 Å². The molecule has 0 radical (unpaired) electrons. The highest BCUT2D eigenvalue weighted by molar-refractivity contribution is 8.01. The monoisotopic (exact) mass is 1130 g/mol. The van der Waals surface area contributed by atoms with Gasteiger partial charge in [0.05, 0.1) is 91.6 Å². The third kappa shape index (κ3) is 34.0. The maximum absolute atomic E-state index is 13.1. The molecule has 0 aliphatic carbocycles. The molecule has 414 valence electrons. The van der Waals surface area contributed by atoms with E-state index in [-0.39, 0.29) is 143 Å². The van der Waals surface area contributed by atoms with E-state index in [1.54, 1.807) is 0 Å². The number of aromatic nitrogens is 3. The standard InChI is InChI=1S/C48H84N6O12S6/c1-7-13-16-37(10-4)25-64-43(61)28-70-34-53(33-69-24-21-42(59)60)47-49-46(52(31-67-22-19-40(55)56)32-68-23-20-41(57)58)50-48(51-47)54(35-71-29-44(62)65-26-38(11-5)17-14-8-2)36-72-30-45(63)66-27-39(12-6)18-15-9-3/h37-39H,7-36H2,1-6H3,(H,55,56)(H,57,58)(H,59,60). The van der Waals surface area contributed by atoms with Crippen LogP contribution in [-0.4, -0.2) is 156 Å². The molecular weight excluding hydrogens is 1040 g/mol. The summed E-state index contributed by atoms with van der Waals surface area (Å²) in [6.07, 6.45) is 11.7. The number of carboxylic acids is 3. The van der Waals surface area contributed by atoms with Crippen molar-refractivity contribution in [3.05, 3.63) is 0 Å². The molecule has 24 heteroatoms. The number of nitrogens with zero attached hydrogens (tertiary/aromatic N) is 6. The second-order valence-corrected chi connectivity index (χ2v) is 23.2. The number of rotatable bonds is 48. The molecule has 0 saturated heterocycles. The number of carbonyl (C=O) groups is 6. The fourth-order valence-electron chi connectivity index (χ4n) is 6.40. The number of hydrogen-bond acceptors (Lipinski definition) is 21. The predicted molar refractivity (Wildman–Crippen MR) is 301 cm³/mol. The first-order valence-corrected chi connectivity index (χ1v) is 32.2. The molecular formula is C48H84N6O12S6. The van der Waals surface area contributed by atoms with E-state index in [4.69, 9.17) is 29.2 Å². The van der Waals surface area contributed by atoms with Gasteiger partial charge in [-0.25, -0.2) is 0 Å². The number of anilines is 3. The second kappa shape index (κ2) is 43.6. The topological polar surface area (TPSA) is 239 Å². The molecule has 3 N–H and O–H groups in total. The summed E-state index contributed by atoms with van der Waals surface area (Å²) in [5.74, 6) is -0.153. The van der Waals surface area contributed by atoms with E-state index >= 15 is 0 Å². The first kappa shape index (κ1) is 67.3. The van der Waals surface area contributed by atoms with Crippen LogP contribution in [0.4, 0.5) is 17.8 Å². The van der Waals surface area contributed by atoms with Crippen molar-refractivity contribution in [2.45, 2.75) is 138 Å². The molecule has 0 spiro atoms. The molecule has 18 nitrogen and oxygen atoms in total. The van der Waals surface area contributed by atoms with Crippen LogP contribution in [0.25, 0.3) is 0 Å². The van der Waals surface area contributed by atoms with E-state index < -0.39 is 17.9 Å². The quantitative estimate of drug-likeness (QED) is 0.0238. The molecule has 0 aromatic carbocycles. The average Bonchev–Trinajstić information content (AvgIpc) is 3.35. The highest BCUT2D eigenvalue weighted by atomic mass is 32.2. The molecule has 72 heavy (non-hydrogen) atoms. The Morgan fingerprint density at radius 1 is 0.431 bits per heavy atom. The number of hydrogen-bond donors (Lipinski definition) is 3. The summed E-state index contributed by atoms with van der Waals surface area (Å²) in [7, 11) is 0. The molecule has 3 unspecified atom stereocenters. The van der Waals surface area contributed by atoms with Crippen LogP contribution in [0, 0.1) is 17.8 Å². The molecule has 0 saturated carbocycles. The summed E-state index contributed by atoms with van der Waals surface area (Å²) in [5, 5.41) is 28.2. The lowest BCUT2D eigenvalue weighted by Gasteiger charge is -2.28. The Labute approximate surface area is 454 Å². The SMILES string of the molecule is CCCCC(CC)COC(=O)CSCN(CSCCC(=O)O)c1nc(N(CSCCC(=O)O)CSCCC(=O)O)nc(N(CSCC(=O)OCC(CC)CCCC)CSCC(=O)OCC(CC)CCCC)n1.